The SMILES string of the molecule is CC(=O)c1ccc(-c2ccc(C(=O)N3CCOC[C@H]3[C@H]3CCCC3=O)o2)cc1. The van der Waals surface area contributed by atoms with Crippen LogP contribution in [0.1, 0.15) is 47.1 Å². The summed E-state index contributed by atoms with van der Waals surface area (Å²) in [4.78, 5) is 38.4. The van der Waals surface area contributed by atoms with E-state index in [2.05, 4.69) is 0 Å². The van der Waals surface area contributed by atoms with Crippen LogP contribution in [-0.4, -0.2) is 48.2 Å². The Hall–Kier alpha value is -2.73. The second kappa shape index (κ2) is 7.72. The van der Waals surface area contributed by atoms with Crippen molar-refractivity contribution in [1.29, 1.82) is 0 Å². The maximum atomic E-state index is 13.1. The van der Waals surface area contributed by atoms with E-state index < -0.39 is 0 Å². The summed E-state index contributed by atoms with van der Waals surface area (Å²) in [6.07, 6.45) is 2.27. The fourth-order valence-corrected chi connectivity index (χ4v) is 4.08. The van der Waals surface area contributed by atoms with E-state index in [-0.39, 0.29) is 35.2 Å². The first kappa shape index (κ1) is 18.6. The van der Waals surface area contributed by atoms with Crippen LogP contribution in [0.25, 0.3) is 11.3 Å². The maximum absolute atomic E-state index is 13.1. The summed E-state index contributed by atoms with van der Waals surface area (Å²) in [6.45, 7) is 2.83. The molecule has 1 aromatic heterocycles. The molecule has 28 heavy (non-hydrogen) atoms. The predicted molar refractivity (Wildman–Crippen MR) is 102 cm³/mol. The van der Waals surface area contributed by atoms with Crippen LogP contribution in [0.3, 0.4) is 0 Å². The molecular weight excluding hydrogens is 358 g/mol. The molecule has 0 radical (unpaired) electrons. The minimum Gasteiger partial charge on any atom is -0.451 e. The van der Waals surface area contributed by atoms with Crippen LogP contribution in [-0.2, 0) is 9.53 Å². The summed E-state index contributed by atoms with van der Waals surface area (Å²) in [6, 6.07) is 10.3. The predicted octanol–water partition coefficient (Wildman–Crippen LogP) is 3.36. The van der Waals surface area contributed by atoms with Crippen LogP contribution in [0.15, 0.2) is 40.8 Å². The summed E-state index contributed by atoms with van der Waals surface area (Å²) in [5.74, 6) is 0.696. The summed E-state index contributed by atoms with van der Waals surface area (Å²) in [5, 5.41) is 0. The quantitative estimate of drug-likeness (QED) is 0.759. The van der Waals surface area contributed by atoms with Crippen molar-refractivity contribution in [3.05, 3.63) is 47.7 Å². The molecule has 1 aliphatic carbocycles. The number of hydrogen-bond donors (Lipinski definition) is 0. The van der Waals surface area contributed by atoms with Crippen LogP contribution in [0.5, 0.6) is 0 Å². The highest BCUT2D eigenvalue weighted by molar-refractivity contribution is 5.95. The summed E-state index contributed by atoms with van der Waals surface area (Å²) in [7, 11) is 0. The van der Waals surface area contributed by atoms with Crippen LogP contribution in [0.2, 0.25) is 0 Å². The summed E-state index contributed by atoms with van der Waals surface area (Å²) >= 11 is 0. The van der Waals surface area contributed by atoms with Gasteiger partial charge in [-0.25, -0.2) is 0 Å². The lowest BCUT2D eigenvalue weighted by Crippen LogP contribution is -2.53. The van der Waals surface area contributed by atoms with Gasteiger partial charge in [-0.05, 0) is 31.9 Å². The van der Waals surface area contributed by atoms with E-state index in [1.807, 2.05) is 0 Å². The smallest absolute Gasteiger partial charge is 0.290 e. The number of rotatable bonds is 4. The van der Waals surface area contributed by atoms with E-state index >= 15 is 0 Å². The highest BCUT2D eigenvalue weighted by Crippen LogP contribution is 2.31. The van der Waals surface area contributed by atoms with E-state index in [0.717, 1.165) is 18.4 Å². The van der Waals surface area contributed by atoms with Crippen LogP contribution in [0, 0.1) is 5.92 Å². The van der Waals surface area contributed by atoms with Crippen molar-refractivity contribution >= 4 is 17.5 Å². The third-order valence-electron chi connectivity index (χ3n) is 5.64. The molecule has 2 heterocycles. The van der Waals surface area contributed by atoms with E-state index in [1.165, 1.54) is 6.92 Å². The van der Waals surface area contributed by atoms with Gasteiger partial charge >= 0.3 is 0 Å². The molecule has 1 aliphatic heterocycles. The molecule has 1 amide bonds. The number of hydrogen-bond acceptors (Lipinski definition) is 5. The third kappa shape index (κ3) is 3.52. The van der Waals surface area contributed by atoms with Gasteiger partial charge in [-0.2, -0.15) is 0 Å². The van der Waals surface area contributed by atoms with Crippen molar-refractivity contribution in [2.45, 2.75) is 32.2 Å². The highest BCUT2D eigenvalue weighted by Gasteiger charge is 2.40. The average molecular weight is 381 g/mol. The molecule has 2 atom stereocenters. The fraction of sp³-hybridized carbons (Fsp3) is 0.409. The molecule has 1 aromatic carbocycles. The Morgan fingerprint density at radius 3 is 2.57 bits per heavy atom. The minimum absolute atomic E-state index is 0.00156. The molecule has 6 nitrogen and oxygen atoms in total. The normalized spacial score (nSPS) is 22.5. The Kier molecular flexibility index (Phi) is 5.13. The Morgan fingerprint density at radius 2 is 1.89 bits per heavy atom. The second-order valence-corrected chi connectivity index (χ2v) is 7.40. The Balaban J connectivity index is 1.54. The lowest BCUT2D eigenvalue weighted by atomic mass is 9.95. The molecule has 2 aromatic rings. The number of carbonyl (C=O) groups is 3. The van der Waals surface area contributed by atoms with Crippen LogP contribution in [0.4, 0.5) is 0 Å². The topological polar surface area (TPSA) is 76.8 Å². The third-order valence-corrected chi connectivity index (χ3v) is 5.64. The summed E-state index contributed by atoms with van der Waals surface area (Å²) in [5.41, 5.74) is 1.43. The van der Waals surface area contributed by atoms with Gasteiger partial charge in [0, 0.05) is 30.0 Å². The molecule has 1 saturated heterocycles. The largest absolute Gasteiger partial charge is 0.451 e. The molecule has 0 N–H and O–H groups in total. The van der Waals surface area contributed by atoms with Gasteiger partial charge < -0.3 is 14.1 Å². The van der Waals surface area contributed by atoms with Crippen molar-refractivity contribution in [2.75, 3.05) is 19.8 Å². The Bertz CT molecular complexity index is 898. The number of Topliss-reactive ketones (excluding diaryl/α,β-unsaturated/α-hetero) is 2. The van der Waals surface area contributed by atoms with Gasteiger partial charge in [0.1, 0.15) is 11.5 Å². The number of ether oxygens (including phenoxy) is 1. The van der Waals surface area contributed by atoms with Crippen molar-refractivity contribution in [3.8, 4) is 11.3 Å². The lowest BCUT2D eigenvalue weighted by Gasteiger charge is -2.38. The fourth-order valence-electron chi connectivity index (χ4n) is 4.08. The van der Waals surface area contributed by atoms with E-state index in [9.17, 15) is 14.4 Å². The number of morpholine rings is 1. The van der Waals surface area contributed by atoms with Gasteiger partial charge in [-0.3, -0.25) is 14.4 Å². The molecule has 2 aliphatic rings. The zero-order valence-corrected chi connectivity index (χ0v) is 15.8. The number of amides is 1. The average Bonchev–Trinajstić information content (AvgIpc) is 3.37. The number of furan rings is 1. The standard InChI is InChI=1S/C22H23NO5/c1-14(24)15-5-7-16(8-6-15)20-9-10-21(28-20)22(26)23-11-12-27-13-18(23)17-3-2-4-19(17)25/h5-10,17-18H,2-4,11-13H2,1H3/t17-,18+/m1/s1. The molecule has 0 unspecified atom stereocenters. The first-order chi connectivity index (χ1) is 13.5. The number of ketones is 2. The maximum Gasteiger partial charge on any atom is 0.290 e. The molecule has 0 bridgehead atoms. The van der Waals surface area contributed by atoms with Crippen molar-refractivity contribution in [2.24, 2.45) is 5.92 Å². The molecule has 146 valence electrons. The van der Waals surface area contributed by atoms with Crippen molar-refractivity contribution < 1.29 is 23.5 Å². The van der Waals surface area contributed by atoms with Gasteiger partial charge in [0.15, 0.2) is 11.5 Å². The molecule has 4 rings (SSSR count). The van der Waals surface area contributed by atoms with Gasteiger partial charge in [0.05, 0.1) is 19.3 Å². The Morgan fingerprint density at radius 1 is 1.11 bits per heavy atom. The highest BCUT2D eigenvalue weighted by atomic mass is 16.5. The number of benzene rings is 1. The van der Waals surface area contributed by atoms with E-state index in [4.69, 9.17) is 9.15 Å². The number of carbonyl (C=O) groups excluding carboxylic acids is 3. The zero-order valence-electron chi connectivity index (χ0n) is 15.8. The molecular formula is C22H23NO5. The number of nitrogens with zero attached hydrogens (tertiary/aromatic N) is 1. The lowest BCUT2D eigenvalue weighted by molar-refractivity contribution is -0.124. The van der Waals surface area contributed by atoms with E-state index in [1.54, 1.807) is 41.3 Å². The van der Waals surface area contributed by atoms with E-state index in [0.29, 0.717) is 37.5 Å². The second-order valence-electron chi connectivity index (χ2n) is 7.40. The first-order valence-corrected chi connectivity index (χ1v) is 9.67. The van der Waals surface area contributed by atoms with Crippen molar-refractivity contribution in [3.63, 3.8) is 0 Å². The molecule has 0 spiro atoms. The van der Waals surface area contributed by atoms with Gasteiger partial charge in [0.2, 0.25) is 0 Å². The van der Waals surface area contributed by atoms with Gasteiger partial charge in [-0.15, -0.1) is 0 Å². The first-order valence-electron chi connectivity index (χ1n) is 9.67. The molecule has 1 saturated carbocycles. The van der Waals surface area contributed by atoms with Crippen LogP contribution >= 0.6 is 0 Å². The Labute approximate surface area is 163 Å². The summed E-state index contributed by atoms with van der Waals surface area (Å²) < 4.78 is 11.4. The monoisotopic (exact) mass is 381 g/mol. The van der Waals surface area contributed by atoms with Crippen LogP contribution < -0.4 is 0 Å². The van der Waals surface area contributed by atoms with Crippen molar-refractivity contribution in [1.82, 2.24) is 4.90 Å². The zero-order chi connectivity index (χ0) is 19.7. The van der Waals surface area contributed by atoms with Gasteiger partial charge in [0.25, 0.3) is 5.91 Å². The molecule has 2 fully saturated rings. The van der Waals surface area contributed by atoms with Gasteiger partial charge in [-0.1, -0.05) is 24.3 Å². The minimum atomic E-state index is -0.223. The molecule has 6 heteroatoms.